The van der Waals surface area contributed by atoms with Gasteiger partial charge in [0.05, 0.1) is 17.3 Å². The lowest BCUT2D eigenvalue weighted by molar-refractivity contribution is 0.0917. The zero-order chi connectivity index (χ0) is 36.0. The van der Waals surface area contributed by atoms with Crippen molar-refractivity contribution < 1.29 is 9.18 Å². The molecule has 3 aromatic heterocycles. The van der Waals surface area contributed by atoms with E-state index in [-0.39, 0.29) is 23.0 Å². The molecule has 1 saturated carbocycles. The molecule has 2 N–H and O–H groups in total. The number of aromatic nitrogens is 4. The van der Waals surface area contributed by atoms with E-state index in [4.69, 9.17) is 0 Å². The predicted molar refractivity (Wildman–Crippen MR) is 201 cm³/mol. The van der Waals surface area contributed by atoms with Crippen LogP contribution in [0, 0.1) is 5.82 Å². The van der Waals surface area contributed by atoms with Crippen molar-refractivity contribution in [1.29, 1.82) is 0 Å². The number of nitrogens with one attached hydrogen (secondary N) is 2. The van der Waals surface area contributed by atoms with Crippen molar-refractivity contribution in [3.63, 3.8) is 0 Å². The highest BCUT2D eigenvalue weighted by atomic mass is 19.1. The van der Waals surface area contributed by atoms with Gasteiger partial charge in [-0.3, -0.25) is 24.0 Å². The number of halogens is 1. The molecule has 2 fully saturated rings. The molecule has 4 heterocycles. The van der Waals surface area contributed by atoms with E-state index < -0.39 is 23.1 Å². The van der Waals surface area contributed by atoms with Gasteiger partial charge in [-0.25, -0.2) is 18.7 Å². The summed E-state index contributed by atoms with van der Waals surface area (Å²) in [6.07, 6.45) is 9.20. The smallest absolute Gasteiger partial charge is 0.337 e. The van der Waals surface area contributed by atoms with E-state index >= 15 is 0 Å². The minimum atomic E-state index is -0.648. The maximum atomic E-state index is 14.6. The highest BCUT2D eigenvalue weighted by Crippen LogP contribution is 2.29. The largest absolute Gasteiger partial charge is 0.348 e. The van der Waals surface area contributed by atoms with Gasteiger partial charge in [-0.2, -0.15) is 0 Å². The van der Waals surface area contributed by atoms with Crippen LogP contribution in [-0.4, -0.2) is 62.1 Å². The molecule has 2 aromatic carbocycles. The van der Waals surface area contributed by atoms with E-state index in [1.54, 1.807) is 12.3 Å². The van der Waals surface area contributed by atoms with Crippen molar-refractivity contribution in [3.8, 4) is 16.8 Å². The van der Waals surface area contributed by atoms with Crippen molar-refractivity contribution in [1.82, 2.24) is 34.6 Å². The van der Waals surface area contributed by atoms with E-state index in [0.29, 0.717) is 37.1 Å². The van der Waals surface area contributed by atoms with Gasteiger partial charge in [0.15, 0.2) is 5.65 Å². The molecule has 7 rings (SSSR count). The summed E-state index contributed by atoms with van der Waals surface area (Å²) >= 11 is 0. The molecular weight excluding hydrogens is 657 g/mol. The average molecular weight is 704 g/mol. The molecule has 1 amide bonds. The third-order valence-electron chi connectivity index (χ3n) is 10.4. The topological polar surface area (TPSA) is 114 Å². The molecule has 0 unspecified atom stereocenters. The molecular formula is C41H46FN7O3. The van der Waals surface area contributed by atoms with Gasteiger partial charge < -0.3 is 10.6 Å². The van der Waals surface area contributed by atoms with Crippen LogP contribution in [0.3, 0.4) is 0 Å². The van der Waals surface area contributed by atoms with Crippen LogP contribution in [0.15, 0.2) is 88.7 Å². The molecule has 0 spiro atoms. The number of hydrogen-bond acceptors (Lipinski definition) is 7. The van der Waals surface area contributed by atoms with Crippen molar-refractivity contribution >= 4 is 16.9 Å². The van der Waals surface area contributed by atoms with Crippen LogP contribution in [0.1, 0.15) is 79.5 Å². The Labute approximate surface area is 302 Å². The summed E-state index contributed by atoms with van der Waals surface area (Å²) < 4.78 is 17.2. The van der Waals surface area contributed by atoms with Gasteiger partial charge in [-0.15, -0.1) is 0 Å². The lowest BCUT2D eigenvalue weighted by Gasteiger charge is -2.30. The van der Waals surface area contributed by atoms with Crippen molar-refractivity contribution in [2.24, 2.45) is 0 Å². The van der Waals surface area contributed by atoms with Gasteiger partial charge in [0.25, 0.3) is 11.5 Å². The number of carbonyl (C=O) groups excluding carboxylic acids is 1. The summed E-state index contributed by atoms with van der Waals surface area (Å²) in [5, 5.41) is 6.58. The summed E-state index contributed by atoms with van der Waals surface area (Å²) in [5.74, 6) is -0.883. The molecule has 1 aliphatic heterocycles. The molecule has 10 nitrogen and oxygen atoms in total. The standard InChI is InChI=1S/C41H46FN7O3/c1-2-3-6-28-11-18-37(44-25-28)39(50)46-33-14-16-34(17-15-33)49-40(51)36-24-32(42)26-45-38(36)48(41(49)52)35-8-4-7-31(23-35)30-12-9-29(10-13-30)27-47-21-5-19-43-20-22-47/h4,7-13,18,23-26,33-34,43H,2-3,5-6,14-17,19-22,27H2,1H3,(H,46,50)/t33-,34+. The van der Waals surface area contributed by atoms with Gasteiger partial charge in [-0.1, -0.05) is 55.8 Å². The summed E-state index contributed by atoms with van der Waals surface area (Å²) in [4.78, 5) is 52.3. The predicted octanol–water partition coefficient (Wildman–Crippen LogP) is 5.80. The summed E-state index contributed by atoms with van der Waals surface area (Å²) in [7, 11) is 0. The van der Waals surface area contributed by atoms with Crippen LogP contribution in [-0.2, 0) is 13.0 Å². The number of rotatable bonds is 10. The second kappa shape index (κ2) is 16.1. The minimum Gasteiger partial charge on any atom is -0.348 e. The molecule has 0 atom stereocenters. The van der Waals surface area contributed by atoms with E-state index in [1.165, 1.54) is 14.7 Å². The fourth-order valence-electron chi connectivity index (χ4n) is 7.51. The molecule has 0 bridgehead atoms. The molecule has 5 aromatic rings. The number of hydrogen-bond donors (Lipinski definition) is 2. The lowest BCUT2D eigenvalue weighted by atomic mass is 9.90. The number of nitrogens with zero attached hydrogens (tertiary/aromatic N) is 5. The quantitative estimate of drug-likeness (QED) is 0.189. The Morgan fingerprint density at radius 2 is 1.71 bits per heavy atom. The first-order chi connectivity index (χ1) is 25.4. The Kier molecular flexibility index (Phi) is 11.0. The lowest BCUT2D eigenvalue weighted by Crippen LogP contribution is -2.45. The van der Waals surface area contributed by atoms with Crippen LogP contribution < -0.4 is 21.9 Å². The minimum absolute atomic E-state index is 0.0435. The van der Waals surface area contributed by atoms with Crippen molar-refractivity contribution in [2.75, 3.05) is 26.2 Å². The van der Waals surface area contributed by atoms with Gasteiger partial charge in [-0.05, 0) is 105 Å². The fraction of sp³-hybridized carbons (Fsp3) is 0.390. The first-order valence-electron chi connectivity index (χ1n) is 18.6. The number of benzene rings is 2. The number of carbonyl (C=O) groups is 1. The van der Waals surface area contributed by atoms with E-state index in [2.05, 4.69) is 56.7 Å². The van der Waals surface area contributed by atoms with E-state index in [1.807, 2.05) is 30.3 Å². The van der Waals surface area contributed by atoms with Gasteiger partial charge in [0, 0.05) is 37.9 Å². The fourth-order valence-corrected chi connectivity index (χ4v) is 7.51. The molecule has 1 saturated heterocycles. The zero-order valence-electron chi connectivity index (χ0n) is 29.7. The molecule has 0 radical (unpaired) electrons. The monoisotopic (exact) mass is 703 g/mol. The first kappa shape index (κ1) is 35.4. The highest BCUT2D eigenvalue weighted by Gasteiger charge is 2.28. The Morgan fingerprint density at radius 3 is 2.48 bits per heavy atom. The zero-order valence-corrected chi connectivity index (χ0v) is 29.7. The van der Waals surface area contributed by atoms with Crippen LogP contribution in [0.5, 0.6) is 0 Å². The Morgan fingerprint density at radius 1 is 0.904 bits per heavy atom. The second-order valence-corrected chi connectivity index (χ2v) is 14.1. The SMILES string of the molecule is CCCCc1ccc(C(=O)N[C@H]2CC[C@@H](n3c(=O)c4cc(F)cnc4n(-c4cccc(-c5ccc(CN6CCCNCC6)cc5)c4)c3=O)CC2)nc1. The first-order valence-corrected chi connectivity index (χ1v) is 18.6. The summed E-state index contributed by atoms with van der Waals surface area (Å²) in [5.41, 5.74) is 4.19. The molecule has 2 aliphatic rings. The summed E-state index contributed by atoms with van der Waals surface area (Å²) in [6.45, 7) is 7.19. The Balaban J connectivity index is 1.12. The number of fused-ring (bicyclic) bond motifs is 1. The maximum absolute atomic E-state index is 14.6. The van der Waals surface area contributed by atoms with Crippen LogP contribution >= 0.6 is 0 Å². The van der Waals surface area contributed by atoms with Crippen LogP contribution in [0.25, 0.3) is 27.8 Å². The Bertz CT molecular complexity index is 2130. The van der Waals surface area contributed by atoms with Crippen LogP contribution in [0.4, 0.5) is 4.39 Å². The third-order valence-corrected chi connectivity index (χ3v) is 10.4. The summed E-state index contributed by atoms with van der Waals surface area (Å²) in [6, 6.07) is 20.4. The Hall–Kier alpha value is -5.00. The number of amides is 1. The van der Waals surface area contributed by atoms with Crippen LogP contribution in [0.2, 0.25) is 0 Å². The van der Waals surface area contributed by atoms with Crippen molar-refractivity contribution in [3.05, 3.63) is 123 Å². The number of aryl methyl sites for hydroxylation is 1. The molecule has 52 heavy (non-hydrogen) atoms. The number of pyridine rings is 2. The number of unbranched alkanes of at least 4 members (excludes halogenated alkanes) is 1. The van der Waals surface area contributed by atoms with Gasteiger partial charge in [0.1, 0.15) is 11.5 Å². The highest BCUT2D eigenvalue weighted by molar-refractivity contribution is 5.92. The normalized spacial score (nSPS) is 18.3. The average Bonchev–Trinajstić information content (AvgIpc) is 3.44. The second-order valence-electron chi connectivity index (χ2n) is 14.1. The van der Waals surface area contributed by atoms with Crippen molar-refractivity contribution in [2.45, 2.75) is 76.9 Å². The van der Waals surface area contributed by atoms with E-state index in [9.17, 15) is 18.8 Å². The molecule has 1 aliphatic carbocycles. The maximum Gasteiger partial charge on any atom is 0.337 e. The third kappa shape index (κ3) is 7.90. The van der Waals surface area contributed by atoms with Gasteiger partial charge >= 0.3 is 5.69 Å². The molecule has 270 valence electrons. The van der Waals surface area contributed by atoms with Gasteiger partial charge in [0.2, 0.25) is 0 Å². The van der Waals surface area contributed by atoms with E-state index in [0.717, 1.165) is 87.4 Å². The molecule has 11 heteroatoms.